The van der Waals surface area contributed by atoms with Gasteiger partial charge in [0, 0.05) is 19.1 Å². The van der Waals surface area contributed by atoms with Crippen LogP contribution in [-0.2, 0) is 0 Å². The molecule has 14 heavy (non-hydrogen) atoms. The Hall–Kier alpha value is -0.0800. The summed E-state index contributed by atoms with van der Waals surface area (Å²) in [7, 11) is 4.26. The van der Waals surface area contributed by atoms with Crippen LogP contribution in [-0.4, -0.2) is 38.1 Å². The minimum Gasteiger partial charge on any atom is -0.313 e. The molecule has 0 amide bonds. The Bertz CT molecular complexity index is 139. The van der Waals surface area contributed by atoms with Gasteiger partial charge in [-0.2, -0.15) is 0 Å². The van der Waals surface area contributed by atoms with Crippen LogP contribution < -0.4 is 5.32 Å². The third-order valence-electron chi connectivity index (χ3n) is 3.38. The Morgan fingerprint density at radius 3 is 2.43 bits per heavy atom. The fourth-order valence-electron chi connectivity index (χ4n) is 2.32. The summed E-state index contributed by atoms with van der Waals surface area (Å²) in [6.45, 7) is 4.63. The van der Waals surface area contributed by atoms with E-state index in [1.54, 1.807) is 0 Å². The monoisotopic (exact) mass is 198 g/mol. The highest BCUT2D eigenvalue weighted by Gasteiger charge is 2.18. The van der Waals surface area contributed by atoms with Crippen molar-refractivity contribution in [2.75, 3.05) is 27.2 Å². The maximum Gasteiger partial charge on any atom is 0.0101 e. The first-order valence-electron chi connectivity index (χ1n) is 6.08. The lowest BCUT2D eigenvalue weighted by atomic mass is 9.84. The molecule has 0 bridgehead atoms. The Kier molecular flexibility index (Phi) is 5.49. The Morgan fingerprint density at radius 1 is 1.21 bits per heavy atom. The zero-order chi connectivity index (χ0) is 10.4. The van der Waals surface area contributed by atoms with Crippen molar-refractivity contribution in [1.82, 2.24) is 10.2 Å². The first kappa shape index (κ1) is 12.0. The molecule has 1 N–H and O–H groups in total. The molecule has 0 heterocycles. The molecule has 0 aromatic rings. The Morgan fingerprint density at radius 2 is 1.86 bits per heavy atom. The van der Waals surface area contributed by atoms with Crippen molar-refractivity contribution in [2.24, 2.45) is 5.92 Å². The van der Waals surface area contributed by atoms with Crippen molar-refractivity contribution in [3.63, 3.8) is 0 Å². The molecule has 2 heteroatoms. The smallest absolute Gasteiger partial charge is 0.0101 e. The van der Waals surface area contributed by atoms with Gasteiger partial charge >= 0.3 is 0 Å². The van der Waals surface area contributed by atoms with Crippen LogP contribution in [0.3, 0.4) is 0 Å². The van der Waals surface area contributed by atoms with Crippen molar-refractivity contribution in [3.8, 4) is 0 Å². The molecule has 1 fully saturated rings. The van der Waals surface area contributed by atoms with E-state index in [9.17, 15) is 0 Å². The number of rotatable bonds is 5. The molecule has 1 unspecified atom stereocenters. The normalized spacial score (nSPS) is 21.4. The fourth-order valence-corrected chi connectivity index (χ4v) is 2.32. The molecule has 2 nitrogen and oxygen atoms in total. The predicted octanol–water partition coefficient (Wildman–Crippen LogP) is 2.11. The molecule has 1 aliphatic rings. The van der Waals surface area contributed by atoms with Gasteiger partial charge in [-0.1, -0.05) is 19.3 Å². The average molecular weight is 198 g/mol. The van der Waals surface area contributed by atoms with Crippen LogP contribution in [0.25, 0.3) is 0 Å². The lowest BCUT2D eigenvalue weighted by Crippen LogP contribution is -2.38. The summed E-state index contributed by atoms with van der Waals surface area (Å²) < 4.78 is 0. The molecule has 1 atom stereocenters. The molecule has 1 rings (SSSR count). The van der Waals surface area contributed by atoms with Crippen molar-refractivity contribution >= 4 is 0 Å². The Labute approximate surface area is 89.1 Å². The van der Waals surface area contributed by atoms with E-state index >= 15 is 0 Å². The van der Waals surface area contributed by atoms with Crippen molar-refractivity contribution in [2.45, 2.75) is 45.1 Å². The molecule has 0 saturated heterocycles. The van der Waals surface area contributed by atoms with Crippen LogP contribution in [0.5, 0.6) is 0 Å². The summed E-state index contributed by atoms with van der Waals surface area (Å²) in [6, 6.07) is 0.718. The van der Waals surface area contributed by atoms with Crippen LogP contribution in [0.15, 0.2) is 0 Å². The van der Waals surface area contributed by atoms with E-state index in [4.69, 9.17) is 0 Å². The van der Waals surface area contributed by atoms with E-state index in [-0.39, 0.29) is 0 Å². The van der Waals surface area contributed by atoms with E-state index in [1.807, 2.05) is 0 Å². The van der Waals surface area contributed by atoms with E-state index in [0.717, 1.165) is 25.0 Å². The van der Waals surface area contributed by atoms with Crippen LogP contribution in [0, 0.1) is 5.92 Å². The average Bonchev–Trinajstić information content (AvgIpc) is 2.18. The van der Waals surface area contributed by atoms with Gasteiger partial charge in [0.1, 0.15) is 0 Å². The van der Waals surface area contributed by atoms with Gasteiger partial charge in [0.2, 0.25) is 0 Å². The first-order valence-corrected chi connectivity index (χ1v) is 6.08. The van der Waals surface area contributed by atoms with Gasteiger partial charge in [-0.05, 0) is 39.8 Å². The molecule has 84 valence electrons. The number of nitrogens with zero attached hydrogens (tertiary/aromatic N) is 1. The van der Waals surface area contributed by atoms with E-state index in [0.29, 0.717) is 0 Å². The molecule has 0 aromatic heterocycles. The number of hydrogen-bond acceptors (Lipinski definition) is 2. The lowest BCUT2D eigenvalue weighted by molar-refractivity contribution is 0.273. The quantitative estimate of drug-likeness (QED) is 0.728. The highest BCUT2D eigenvalue weighted by Crippen LogP contribution is 2.26. The summed E-state index contributed by atoms with van der Waals surface area (Å²) in [4.78, 5) is 2.24. The zero-order valence-corrected chi connectivity index (χ0v) is 10.1. The molecule has 0 aliphatic heterocycles. The SMILES string of the molecule is CC(NCCN(C)C)C1CCCCC1. The third-order valence-corrected chi connectivity index (χ3v) is 3.38. The highest BCUT2D eigenvalue weighted by molar-refractivity contribution is 4.75. The molecule has 0 radical (unpaired) electrons. The number of nitrogens with one attached hydrogen (secondary N) is 1. The standard InChI is InChI=1S/C12H26N2/c1-11(13-9-10-14(2)3)12-7-5-4-6-8-12/h11-13H,4-10H2,1-3H3. The van der Waals surface area contributed by atoms with E-state index in [1.165, 1.54) is 32.1 Å². The van der Waals surface area contributed by atoms with Gasteiger partial charge in [-0.3, -0.25) is 0 Å². The van der Waals surface area contributed by atoms with Crippen molar-refractivity contribution < 1.29 is 0 Å². The molecule has 1 saturated carbocycles. The van der Waals surface area contributed by atoms with Gasteiger partial charge in [0.15, 0.2) is 0 Å². The van der Waals surface area contributed by atoms with Crippen LogP contribution in [0.2, 0.25) is 0 Å². The van der Waals surface area contributed by atoms with E-state index in [2.05, 4.69) is 31.2 Å². The third kappa shape index (κ3) is 4.43. The Balaban J connectivity index is 2.10. The maximum absolute atomic E-state index is 3.64. The minimum absolute atomic E-state index is 0.718. The maximum atomic E-state index is 3.64. The zero-order valence-electron chi connectivity index (χ0n) is 10.1. The van der Waals surface area contributed by atoms with Crippen LogP contribution >= 0.6 is 0 Å². The highest BCUT2D eigenvalue weighted by atomic mass is 15.1. The largest absolute Gasteiger partial charge is 0.313 e. The van der Waals surface area contributed by atoms with Crippen molar-refractivity contribution in [3.05, 3.63) is 0 Å². The summed E-state index contributed by atoms with van der Waals surface area (Å²) in [5.41, 5.74) is 0. The van der Waals surface area contributed by atoms with Gasteiger partial charge in [-0.15, -0.1) is 0 Å². The molecule has 0 aromatic carbocycles. The topological polar surface area (TPSA) is 15.3 Å². The molecular weight excluding hydrogens is 172 g/mol. The molecular formula is C12H26N2. The van der Waals surface area contributed by atoms with Crippen molar-refractivity contribution in [1.29, 1.82) is 0 Å². The minimum atomic E-state index is 0.718. The van der Waals surface area contributed by atoms with E-state index < -0.39 is 0 Å². The number of hydrogen-bond donors (Lipinski definition) is 1. The molecule has 1 aliphatic carbocycles. The summed E-state index contributed by atoms with van der Waals surface area (Å²) in [5.74, 6) is 0.936. The fraction of sp³-hybridized carbons (Fsp3) is 1.00. The summed E-state index contributed by atoms with van der Waals surface area (Å²) in [5, 5.41) is 3.64. The second-order valence-corrected chi connectivity index (χ2v) is 4.94. The van der Waals surface area contributed by atoms with Crippen LogP contribution in [0.4, 0.5) is 0 Å². The second kappa shape index (κ2) is 6.41. The molecule has 0 spiro atoms. The van der Waals surface area contributed by atoms with Gasteiger partial charge in [0.25, 0.3) is 0 Å². The first-order chi connectivity index (χ1) is 6.70. The predicted molar refractivity (Wildman–Crippen MR) is 62.6 cm³/mol. The number of likely N-dealkylation sites (N-methyl/N-ethyl adjacent to an activating group) is 1. The van der Waals surface area contributed by atoms with Crippen LogP contribution in [0.1, 0.15) is 39.0 Å². The van der Waals surface area contributed by atoms with Gasteiger partial charge in [-0.25, -0.2) is 0 Å². The second-order valence-electron chi connectivity index (χ2n) is 4.94. The summed E-state index contributed by atoms with van der Waals surface area (Å²) in [6.07, 6.45) is 7.24. The van der Waals surface area contributed by atoms with Gasteiger partial charge < -0.3 is 10.2 Å². The lowest BCUT2D eigenvalue weighted by Gasteiger charge is -2.28. The van der Waals surface area contributed by atoms with Gasteiger partial charge in [0.05, 0.1) is 0 Å². The summed E-state index contributed by atoms with van der Waals surface area (Å²) >= 11 is 0.